The zero-order valence-electron chi connectivity index (χ0n) is 13.0. The zero-order valence-corrected chi connectivity index (χ0v) is 13.7. The van der Waals surface area contributed by atoms with E-state index in [9.17, 15) is 19.2 Å². The van der Waals surface area contributed by atoms with E-state index in [1.807, 2.05) is 0 Å². The minimum absolute atomic E-state index is 0.0885. The van der Waals surface area contributed by atoms with Crippen molar-refractivity contribution in [3.05, 3.63) is 61.2 Å². The lowest BCUT2D eigenvalue weighted by Crippen LogP contribution is -2.26. The van der Waals surface area contributed by atoms with Crippen LogP contribution in [0.2, 0.25) is 5.02 Å². The Morgan fingerprint density at radius 1 is 1.08 bits per heavy atom. The maximum atomic E-state index is 12.5. The van der Waals surface area contributed by atoms with E-state index in [0.29, 0.717) is 0 Å². The summed E-state index contributed by atoms with van der Waals surface area (Å²) in [6.07, 6.45) is 0. The van der Waals surface area contributed by atoms with Crippen LogP contribution in [0.3, 0.4) is 0 Å². The lowest BCUT2D eigenvalue weighted by Gasteiger charge is -2.11. The zero-order chi connectivity index (χ0) is 18.3. The van der Waals surface area contributed by atoms with E-state index in [4.69, 9.17) is 16.0 Å². The average molecular weight is 364 g/mol. The van der Waals surface area contributed by atoms with Crippen LogP contribution in [0.1, 0.15) is 20.7 Å². The molecule has 0 aliphatic carbocycles. The molecule has 1 aromatic carbocycles. The Morgan fingerprint density at radius 3 is 2.40 bits per heavy atom. The number of hydrogen-bond acceptors (Lipinski definition) is 7. The second-order valence-corrected chi connectivity index (χ2v) is 5.38. The molecule has 0 aliphatic heterocycles. The first-order valence-electron chi connectivity index (χ1n) is 6.87. The number of esters is 2. The van der Waals surface area contributed by atoms with Crippen LogP contribution in [0.25, 0.3) is 16.6 Å². The van der Waals surface area contributed by atoms with E-state index in [2.05, 4.69) is 9.47 Å². The number of carbonyl (C=O) groups excluding carboxylic acids is 2. The Balaban J connectivity index is 2.66. The lowest BCUT2D eigenvalue weighted by atomic mass is 10.1. The summed E-state index contributed by atoms with van der Waals surface area (Å²) < 4.78 is 15.3. The number of halogens is 1. The van der Waals surface area contributed by atoms with E-state index in [1.165, 1.54) is 18.2 Å². The summed E-state index contributed by atoms with van der Waals surface area (Å²) in [6, 6.07) is 5.18. The number of nitrogens with zero attached hydrogens (tertiary/aromatic N) is 1. The largest absolute Gasteiger partial charge is 0.465 e. The third-order valence-corrected chi connectivity index (χ3v) is 3.81. The fraction of sp³-hybridized carbons (Fsp3) is 0.125. The van der Waals surface area contributed by atoms with Crippen LogP contribution in [-0.2, 0) is 9.47 Å². The maximum Gasteiger partial charge on any atom is 0.361 e. The van der Waals surface area contributed by atoms with Crippen molar-refractivity contribution in [2.75, 3.05) is 14.2 Å². The molecule has 0 amide bonds. The van der Waals surface area contributed by atoms with Gasteiger partial charge in [-0.1, -0.05) is 11.6 Å². The highest BCUT2D eigenvalue weighted by molar-refractivity contribution is 6.31. The van der Waals surface area contributed by atoms with Crippen LogP contribution in [0, 0.1) is 0 Å². The second-order valence-electron chi connectivity index (χ2n) is 4.94. The van der Waals surface area contributed by atoms with E-state index in [1.54, 1.807) is 0 Å². The lowest BCUT2D eigenvalue weighted by molar-refractivity contribution is 0.0556. The Hall–Kier alpha value is -3.13. The highest BCUT2D eigenvalue weighted by atomic mass is 35.5. The molecule has 3 rings (SSSR count). The van der Waals surface area contributed by atoms with Gasteiger partial charge in [0.25, 0.3) is 5.56 Å². The molecule has 0 fully saturated rings. The molecular formula is C16H10ClNO7. The maximum absolute atomic E-state index is 12.5. The van der Waals surface area contributed by atoms with Gasteiger partial charge in [-0.15, -0.1) is 0 Å². The molecule has 2 heterocycles. The predicted octanol–water partition coefficient (Wildman–Crippen LogP) is 1.63. The third-order valence-electron chi connectivity index (χ3n) is 3.57. The van der Waals surface area contributed by atoms with E-state index < -0.39 is 39.8 Å². The molecule has 0 saturated heterocycles. The number of methoxy groups -OCH3 is 2. The van der Waals surface area contributed by atoms with Gasteiger partial charge in [-0.05, 0) is 18.2 Å². The van der Waals surface area contributed by atoms with Gasteiger partial charge in [0.1, 0.15) is 5.56 Å². The summed E-state index contributed by atoms with van der Waals surface area (Å²) in [7, 11) is 2.15. The fourth-order valence-corrected chi connectivity index (χ4v) is 2.69. The summed E-state index contributed by atoms with van der Waals surface area (Å²) in [5.74, 6) is -1.96. The van der Waals surface area contributed by atoms with E-state index in [-0.39, 0.29) is 16.1 Å². The number of aromatic nitrogens is 1. The molecule has 0 spiro atoms. The first-order valence-corrected chi connectivity index (χ1v) is 7.25. The monoisotopic (exact) mass is 363 g/mol. The quantitative estimate of drug-likeness (QED) is 0.503. The van der Waals surface area contributed by atoms with Crippen LogP contribution >= 0.6 is 11.6 Å². The molecule has 9 heteroatoms. The molecule has 0 atom stereocenters. The van der Waals surface area contributed by atoms with Gasteiger partial charge in [-0.3, -0.25) is 9.20 Å². The minimum atomic E-state index is -0.994. The number of pyridine rings is 1. The second kappa shape index (κ2) is 6.06. The summed E-state index contributed by atoms with van der Waals surface area (Å²) in [5.41, 5.74) is -2.73. The van der Waals surface area contributed by atoms with Crippen LogP contribution in [0.5, 0.6) is 0 Å². The number of rotatable bonds is 2. The summed E-state index contributed by atoms with van der Waals surface area (Å²) in [4.78, 5) is 49.1. The van der Waals surface area contributed by atoms with Gasteiger partial charge >= 0.3 is 17.6 Å². The molecule has 25 heavy (non-hydrogen) atoms. The van der Waals surface area contributed by atoms with Gasteiger partial charge in [0.15, 0.2) is 11.1 Å². The SMILES string of the molecule is COC(=O)c1cc(=O)n2c(c1C(=O)OC)c(=O)oc1ccc(Cl)cc12. The van der Waals surface area contributed by atoms with Gasteiger partial charge in [0.05, 0.1) is 25.3 Å². The van der Waals surface area contributed by atoms with Crippen molar-refractivity contribution in [2.45, 2.75) is 0 Å². The molecular weight excluding hydrogens is 354 g/mol. The molecule has 3 aromatic rings. The van der Waals surface area contributed by atoms with Crippen molar-refractivity contribution in [1.82, 2.24) is 4.40 Å². The Morgan fingerprint density at radius 2 is 1.76 bits per heavy atom. The third kappa shape index (κ3) is 2.56. The number of carbonyl (C=O) groups is 2. The topological polar surface area (TPSA) is 104 Å². The predicted molar refractivity (Wildman–Crippen MR) is 87.4 cm³/mol. The van der Waals surface area contributed by atoms with Crippen molar-refractivity contribution in [3.8, 4) is 0 Å². The number of benzene rings is 1. The molecule has 0 saturated carbocycles. The van der Waals surface area contributed by atoms with E-state index in [0.717, 1.165) is 24.7 Å². The van der Waals surface area contributed by atoms with Crippen LogP contribution in [-0.4, -0.2) is 30.6 Å². The molecule has 0 unspecified atom stereocenters. The highest BCUT2D eigenvalue weighted by Gasteiger charge is 2.27. The number of hydrogen-bond donors (Lipinski definition) is 0. The van der Waals surface area contributed by atoms with Gasteiger partial charge in [-0.25, -0.2) is 14.4 Å². The van der Waals surface area contributed by atoms with Crippen molar-refractivity contribution in [3.63, 3.8) is 0 Å². The Bertz CT molecular complexity index is 1160. The van der Waals surface area contributed by atoms with Gasteiger partial charge < -0.3 is 13.9 Å². The van der Waals surface area contributed by atoms with Crippen LogP contribution in [0.4, 0.5) is 0 Å². The molecule has 128 valence electrons. The standard InChI is InChI=1S/C16H10ClNO7/c1-23-14(20)8-6-11(19)18-9-5-7(17)3-4-10(9)25-16(22)13(18)12(8)15(21)24-2/h3-6H,1-2H3. The average Bonchev–Trinajstić information content (AvgIpc) is 2.60. The molecule has 0 radical (unpaired) electrons. The Labute approximate surface area is 144 Å². The first-order chi connectivity index (χ1) is 11.9. The van der Waals surface area contributed by atoms with Gasteiger partial charge in [-0.2, -0.15) is 0 Å². The normalized spacial score (nSPS) is 10.8. The number of ether oxygens (including phenoxy) is 2. The van der Waals surface area contributed by atoms with Crippen LogP contribution < -0.4 is 11.2 Å². The molecule has 0 N–H and O–H groups in total. The summed E-state index contributed by atoms with van der Waals surface area (Å²) in [6.45, 7) is 0. The van der Waals surface area contributed by atoms with Crippen LogP contribution in [0.15, 0.2) is 38.3 Å². The molecule has 0 bridgehead atoms. The summed E-state index contributed by atoms with van der Waals surface area (Å²) >= 11 is 5.94. The van der Waals surface area contributed by atoms with Crippen molar-refractivity contribution in [2.24, 2.45) is 0 Å². The Kier molecular flexibility index (Phi) is 4.05. The van der Waals surface area contributed by atoms with E-state index >= 15 is 0 Å². The minimum Gasteiger partial charge on any atom is -0.465 e. The van der Waals surface area contributed by atoms with Gasteiger partial charge in [0.2, 0.25) is 0 Å². The molecule has 2 aromatic heterocycles. The number of fused-ring (bicyclic) bond motifs is 3. The molecule has 0 aliphatic rings. The van der Waals surface area contributed by atoms with Gasteiger partial charge in [0, 0.05) is 11.1 Å². The van der Waals surface area contributed by atoms with Crippen molar-refractivity contribution < 1.29 is 23.5 Å². The highest BCUT2D eigenvalue weighted by Crippen LogP contribution is 2.21. The van der Waals surface area contributed by atoms with Crippen molar-refractivity contribution in [1.29, 1.82) is 0 Å². The fourth-order valence-electron chi connectivity index (χ4n) is 2.52. The summed E-state index contributed by atoms with van der Waals surface area (Å²) in [5, 5.41) is 0.284. The smallest absolute Gasteiger partial charge is 0.361 e. The van der Waals surface area contributed by atoms with Crippen molar-refractivity contribution >= 4 is 40.2 Å². The first kappa shape index (κ1) is 16.7. The molecule has 8 nitrogen and oxygen atoms in total.